The molecular weight excluding hydrogens is 248 g/mol. The van der Waals surface area contributed by atoms with Crippen LogP contribution in [0.3, 0.4) is 0 Å². The van der Waals surface area contributed by atoms with Gasteiger partial charge in [0.2, 0.25) is 0 Å². The molecule has 20 heavy (non-hydrogen) atoms. The largest absolute Gasteiger partial charge is 0.299 e. The Morgan fingerprint density at radius 1 is 1.25 bits per heavy atom. The first-order valence-electron chi connectivity index (χ1n) is 7.37. The lowest BCUT2D eigenvalue weighted by Crippen LogP contribution is -2.17. The van der Waals surface area contributed by atoms with E-state index in [1.54, 1.807) is 0 Å². The van der Waals surface area contributed by atoms with Gasteiger partial charge in [-0.3, -0.25) is 14.6 Å². The number of hydrogen-bond donors (Lipinski definition) is 0. The second kappa shape index (κ2) is 5.37. The molecule has 0 unspecified atom stereocenters. The Balaban J connectivity index is 1.97. The van der Waals surface area contributed by atoms with Gasteiger partial charge in [0.05, 0.1) is 11.4 Å². The van der Waals surface area contributed by atoms with Crippen molar-refractivity contribution in [2.45, 2.75) is 38.8 Å². The summed E-state index contributed by atoms with van der Waals surface area (Å²) < 4.78 is 2.03. The Kier molecular flexibility index (Phi) is 3.57. The SMILES string of the molecule is CC(C)n1nccc1-c1cc([C@H]2CCCN2C)ccn1. The lowest BCUT2D eigenvalue weighted by atomic mass is 10.0. The highest BCUT2D eigenvalue weighted by Gasteiger charge is 2.23. The van der Waals surface area contributed by atoms with E-state index < -0.39 is 0 Å². The number of nitrogens with zero attached hydrogens (tertiary/aromatic N) is 4. The third-order valence-electron chi connectivity index (χ3n) is 4.11. The van der Waals surface area contributed by atoms with Crippen LogP contribution in [0.15, 0.2) is 30.6 Å². The summed E-state index contributed by atoms with van der Waals surface area (Å²) in [4.78, 5) is 6.97. The van der Waals surface area contributed by atoms with Gasteiger partial charge in [-0.05, 0) is 64.0 Å². The van der Waals surface area contributed by atoms with Crippen LogP contribution < -0.4 is 0 Å². The van der Waals surface area contributed by atoms with Crippen molar-refractivity contribution in [3.63, 3.8) is 0 Å². The third-order valence-corrected chi connectivity index (χ3v) is 4.11. The normalized spacial score (nSPS) is 19.9. The molecule has 3 rings (SSSR count). The first-order chi connectivity index (χ1) is 9.66. The van der Waals surface area contributed by atoms with Crippen LogP contribution >= 0.6 is 0 Å². The van der Waals surface area contributed by atoms with Gasteiger partial charge in [0.25, 0.3) is 0 Å². The van der Waals surface area contributed by atoms with E-state index in [9.17, 15) is 0 Å². The molecule has 1 aliphatic heterocycles. The Morgan fingerprint density at radius 3 is 2.80 bits per heavy atom. The minimum Gasteiger partial charge on any atom is -0.299 e. The van der Waals surface area contributed by atoms with Crippen molar-refractivity contribution in [1.82, 2.24) is 19.7 Å². The molecule has 3 heterocycles. The number of rotatable bonds is 3. The molecule has 0 spiro atoms. The van der Waals surface area contributed by atoms with Crippen LogP contribution in [0, 0.1) is 0 Å². The average molecular weight is 270 g/mol. The molecule has 0 saturated carbocycles. The summed E-state index contributed by atoms with van der Waals surface area (Å²) in [5.41, 5.74) is 3.49. The van der Waals surface area contributed by atoms with E-state index in [2.05, 4.69) is 48.0 Å². The van der Waals surface area contributed by atoms with Gasteiger partial charge in [-0.1, -0.05) is 0 Å². The Labute approximate surface area is 120 Å². The zero-order chi connectivity index (χ0) is 14.1. The van der Waals surface area contributed by atoms with Crippen molar-refractivity contribution in [2.24, 2.45) is 0 Å². The van der Waals surface area contributed by atoms with Crippen molar-refractivity contribution < 1.29 is 0 Å². The summed E-state index contributed by atoms with van der Waals surface area (Å²) in [6, 6.07) is 7.30. The second-order valence-electron chi connectivity index (χ2n) is 5.87. The van der Waals surface area contributed by atoms with Crippen molar-refractivity contribution in [3.8, 4) is 11.4 Å². The van der Waals surface area contributed by atoms with Gasteiger partial charge in [0.1, 0.15) is 0 Å². The molecule has 0 bridgehead atoms. The molecule has 0 radical (unpaired) electrons. The molecule has 0 amide bonds. The van der Waals surface area contributed by atoms with Gasteiger partial charge in [0, 0.05) is 24.5 Å². The molecular formula is C16H22N4. The molecule has 1 aliphatic rings. The minimum atomic E-state index is 0.347. The van der Waals surface area contributed by atoms with Crippen molar-refractivity contribution in [2.75, 3.05) is 13.6 Å². The highest BCUT2D eigenvalue weighted by atomic mass is 15.3. The topological polar surface area (TPSA) is 34.0 Å². The van der Waals surface area contributed by atoms with Crippen LogP contribution in [-0.4, -0.2) is 33.3 Å². The maximum atomic E-state index is 4.54. The summed E-state index contributed by atoms with van der Waals surface area (Å²) in [5, 5.41) is 4.40. The van der Waals surface area contributed by atoms with Crippen LogP contribution in [0.2, 0.25) is 0 Å². The summed E-state index contributed by atoms with van der Waals surface area (Å²) in [6.45, 7) is 5.47. The van der Waals surface area contributed by atoms with E-state index in [1.807, 2.05) is 23.1 Å². The molecule has 4 heteroatoms. The van der Waals surface area contributed by atoms with Gasteiger partial charge >= 0.3 is 0 Å². The molecule has 1 atom stereocenters. The third kappa shape index (κ3) is 2.36. The fourth-order valence-corrected chi connectivity index (χ4v) is 3.05. The minimum absolute atomic E-state index is 0.347. The number of likely N-dealkylation sites (tertiary alicyclic amines) is 1. The van der Waals surface area contributed by atoms with E-state index in [0.717, 1.165) is 11.4 Å². The maximum Gasteiger partial charge on any atom is 0.0886 e. The first-order valence-corrected chi connectivity index (χ1v) is 7.37. The number of aromatic nitrogens is 3. The van der Waals surface area contributed by atoms with Gasteiger partial charge in [0.15, 0.2) is 0 Å². The summed E-state index contributed by atoms with van der Waals surface area (Å²) in [5.74, 6) is 0. The van der Waals surface area contributed by atoms with Crippen LogP contribution in [0.5, 0.6) is 0 Å². The first kappa shape index (κ1) is 13.3. The zero-order valence-electron chi connectivity index (χ0n) is 12.5. The van der Waals surface area contributed by atoms with E-state index in [4.69, 9.17) is 0 Å². The lowest BCUT2D eigenvalue weighted by Gasteiger charge is -2.20. The fraction of sp³-hybridized carbons (Fsp3) is 0.500. The highest BCUT2D eigenvalue weighted by molar-refractivity contribution is 5.55. The van der Waals surface area contributed by atoms with E-state index in [-0.39, 0.29) is 0 Å². The molecule has 0 aromatic carbocycles. The Bertz CT molecular complexity index is 588. The lowest BCUT2D eigenvalue weighted by molar-refractivity contribution is 0.317. The fourth-order valence-electron chi connectivity index (χ4n) is 3.05. The number of pyridine rings is 1. The maximum absolute atomic E-state index is 4.54. The number of hydrogen-bond acceptors (Lipinski definition) is 3. The molecule has 2 aromatic heterocycles. The van der Waals surface area contributed by atoms with Crippen molar-refractivity contribution >= 4 is 0 Å². The molecule has 0 aliphatic carbocycles. The molecule has 2 aromatic rings. The predicted octanol–water partition coefficient (Wildman–Crippen LogP) is 3.29. The van der Waals surface area contributed by atoms with Gasteiger partial charge in [-0.25, -0.2) is 0 Å². The van der Waals surface area contributed by atoms with Crippen LogP contribution in [0.25, 0.3) is 11.4 Å². The zero-order valence-corrected chi connectivity index (χ0v) is 12.5. The van der Waals surface area contributed by atoms with Gasteiger partial charge in [-0.2, -0.15) is 5.10 Å². The van der Waals surface area contributed by atoms with Crippen molar-refractivity contribution in [1.29, 1.82) is 0 Å². The molecule has 1 saturated heterocycles. The smallest absolute Gasteiger partial charge is 0.0886 e. The van der Waals surface area contributed by atoms with E-state index in [0.29, 0.717) is 12.1 Å². The second-order valence-corrected chi connectivity index (χ2v) is 5.87. The van der Waals surface area contributed by atoms with E-state index >= 15 is 0 Å². The molecule has 106 valence electrons. The summed E-state index contributed by atoms with van der Waals surface area (Å²) in [7, 11) is 2.20. The summed E-state index contributed by atoms with van der Waals surface area (Å²) >= 11 is 0. The van der Waals surface area contributed by atoms with Crippen molar-refractivity contribution in [3.05, 3.63) is 36.2 Å². The predicted molar refractivity (Wildman–Crippen MR) is 80.4 cm³/mol. The summed E-state index contributed by atoms with van der Waals surface area (Å²) in [6.07, 6.45) is 6.30. The average Bonchev–Trinajstić information content (AvgIpc) is 3.07. The molecule has 0 N–H and O–H groups in total. The molecule has 4 nitrogen and oxygen atoms in total. The standard InChI is InChI=1S/C16H22N4/c1-12(2)20-16(7-9-18-20)14-11-13(6-8-17-14)15-5-4-10-19(15)3/h6-9,11-12,15H,4-5,10H2,1-3H3/t15-/m1/s1. The Hall–Kier alpha value is -1.68. The van der Waals surface area contributed by atoms with Crippen LogP contribution in [0.1, 0.15) is 44.3 Å². The van der Waals surface area contributed by atoms with Gasteiger partial charge in [-0.15, -0.1) is 0 Å². The quantitative estimate of drug-likeness (QED) is 0.858. The van der Waals surface area contributed by atoms with Crippen LogP contribution in [-0.2, 0) is 0 Å². The van der Waals surface area contributed by atoms with Gasteiger partial charge < -0.3 is 0 Å². The van der Waals surface area contributed by atoms with E-state index in [1.165, 1.54) is 24.9 Å². The Morgan fingerprint density at radius 2 is 2.10 bits per heavy atom. The molecule has 1 fully saturated rings. The van der Waals surface area contributed by atoms with Crippen LogP contribution in [0.4, 0.5) is 0 Å². The highest BCUT2D eigenvalue weighted by Crippen LogP contribution is 2.32. The monoisotopic (exact) mass is 270 g/mol.